The van der Waals surface area contributed by atoms with Gasteiger partial charge in [0.1, 0.15) is 0 Å². The first-order valence-electron chi connectivity index (χ1n) is 17.5. The fourth-order valence-corrected chi connectivity index (χ4v) is 9.88. The van der Waals surface area contributed by atoms with Crippen LogP contribution in [0, 0.1) is 0 Å². The molecule has 5 heteroatoms. The quantitative estimate of drug-likeness (QED) is 0.176. The first-order valence-corrected chi connectivity index (χ1v) is 18.9. The molecule has 0 radical (unpaired) electrons. The zero-order valence-electron chi connectivity index (χ0n) is 27.7. The summed E-state index contributed by atoms with van der Waals surface area (Å²) in [6.45, 7) is 0. The van der Waals surface area contributed by atoms with Gasteiger partial charge in [-0.1, -0.05) is 97.1 Å². The van der Waals surface area contributed by atoms with Crippen LogP contribution in [0.3, 0.4) is 0 Å². The van der Waals surface area contributed by atoms with Gasteiger partial charge in [-0.05, 0) is 83.2 Å². The molecule has 0 saturated carbocycles. The molecule has 0 N–H and O–H groups in total. The summed E-state index contributed by atoms with van der Waals surface area (Å²) in [4.78, 5) is 10.7. The van der Waals surface area contributed by atoms with Crippen LogP contribution in [-0.4, -0.2) is 28.6 Å². The monoisotopic (exact) mass is 666 g/mol. The number of aromatic nitrogens is 4. The van der Waals surface area contributed by atoms with Crippen molar-refractivity contribution in [3.8, 4) is 45.3 Å². The van der Waals surface area contributed by atoms with E-state index in [0.29, 0.717) is 0 Å². The highest BCUT2D eigenvalue weighted by Gasteiger charge is 2.24. The second-order valence-corrected chi connectivity index (χ2v) is 15.3. The maximum Gasteiger partial charge on any atom is 0.0933 e. The second kappa shape index (κ2) is 11.0. The highest BCUT2D eigenvalue weighted by atomic mass is 28.2. The average molecular weight is 667 g/mol. The minimum atomic E-state index is -0.659. The standard InChI is InChI=1S/C46H30N4Si/c1-3-11-31(12-4-1)49-39-17-9-7-15-33(39)35-27-29(19-23-41(35)49)37-21-25-43-45(47-37)46-44(51-43)26-22-38(48-46)30-20-24-42-36(28-30)34-16-8-10-18-40(34)50(42)32-13-5-2-6-14-32/h1-28H,51H2. The summed E-state index contributed by atoms with van der Waals surface area (Å²) >= 11 is 0. The van der Waals surface area contributed by atoms with Crippen LogP contribution in [0.25, 0.3) is 88.9 Å². The van der Waals surface area contributed by atoms with Crippen LogP contribution in [0.4, 0.5) is 0 Å². The predicted molar refractivity (Wildman–Crippen MR) is 215 cm³/mol. The third-order valence-corrected chi connectivity index (χ3v) is 12.4. The molecule has 0 bridgehead atoms. The third kappa shape index (κ3) is 4.32. The molecule has 1 aliphatic rings. The molecule has 0 saturated heterocycles. The molecule has 0 atom stereocenters. The SMILES string of the molecule is c1ccc(-n2c3ccccc3c3cc(-c4ccc5c(n4)-c4nc(-c6ccc7c(c6)c6ccccc6n7-c6ccccc6)ccc4[SiH2]5)ccc32)cc1. The lowest BCUT2D eigenvalue weighted by molar-refractivity contribution is 1.18. The highest BCUT2D eigenvalue weighted by Crippen LogP contribution is 2.37. The molecule has 0 fully saturated rings. The van der Waals surface area contributed by atoms with E-state index in [1.807, 2.05) is 0 Å². The molecule has 6 aromatic carbocycles. The molecule has 10 aromatic rings. The van der Waals surface area contributed by atoms with Crippen molar-refractivity contribution in [2.75, 3.05) is 0 Å². The summed E-state index contributed by atoms with van der Waals surface area (Å²) in [6.07, 6.45) is 0. The van der Waals surface area contributed by atoms with Crippen molar-refractivity contribution in [1.29, 1.82) is 0 Å². The lowest BCUT2D eigenvalue weighted by Gasteiger charge is -2.09. The Hall–Kier alpha value is -6.56. The normalized spacial score (nSPS) is 12.2. The van der Waals surface area contributed by atoms with Crippen molar-refractivity contribution < 1.29 is 0 Å². The number of rotatable bonds is 4. The van der Waals surface area contributed by atoms with Crippen LogP contribution in [0.15, 0.2) is 170 Å². The fraction of sp³-hybridized carbons (Fsp3) is 0. The van der Waals surface area contributed by atoms with Crippen molar-refractivity contribution in [3.05, 3.63) is 170 Å². The van der Waals surface area contributed by atoms with Crippen LogP contribution in [0.5, 0.6) is 0 Å². The van der Waals surface area contributed by atoms with Crippen LogP contribution >= 0.6 is 0 Å². The van der Waals surface area contributed by atoms with Crippen molar-refractivity contribution in [3.63, 3.8) is 0 Å². The molecule has 0 unspecified atom stereocenters. The van der Waals surface area contributed by atoms with E-state index in [1.54, 1.807) is 0 Å². The number of pyridine rings is 2. The minimum Gasteiger partial charge on any atom is -0.309 e. The Balaban J connectivity index is 1.01. The summed E-state index contributed by atoms with van der Waals surface area (Å²) in [5.41, 5.74) is 13.4. The molecule has 4 aromatic heterocycles. The second-order valence-electron chi connectivity index (χ2n) is 13.4. The molecule has 4 nitrogen and oxygen atoms in total. The zero-order chi connectivity index (χ0) is 33.5. The van der Waals surface area contributed by atoms with Gasteiger partial charge in [-0.25, -0.2) is 9.97 Å². The Bertz CT molecular complexity index is 2790. The van der Waals surface area contributed by atoms with Gasteiger partial charge < -0.3 is 9.13 Å². The van der Waals surface area contributed by atoms with Gasteiger partial charge in [0.15, 0.2) is 0 Å². The van der Waals surface area contributed by atoms with E-state index in [4.69, 9.17) is 9.97 Å². The number of para-hydroxylation sites is 4. The van der Waals surface area contributed by atoms with Gasteiger partial charge in [0.25, 0.3) is 0 Å². The Kier molecular flexibility index (Phi) is 6.09. The van der Waals surface area contributed by atoms with Crippen molar-refractivity contribution in [2.24, 2.45) is 0 Å². The maximum atomic E-state index is 5.34. The van der Waals surface area contributed by atoms with E-state index in [2.05, 4.69) is 179 Å². The maximum absolute atomic E-state index is 5.34. The van der Waals surface area contributed by atoms with E-state index in [9.17, 15) is 0 Å². The number of benzene rings is 6. The Labute approximate surface area is 296 Å². The summed E-state index contributed by atoms with van der Waals surface area (Å²) in [6, 6.07) is 61.1. The largest absolute Gasteiger partial charge is 0.309 e. The molecule has 0 spiro atoms. The lowest BCUT2D eigenvalue weighted by atomic mass is 10.1. The molecule has 0 amide bonds. The summed E-state index contributed by atoms with van der Waals surface area (Å²) in [5.74, 6) is 0. The molecule has 1 aliphatic heterocycles. The summed E-state index contributed by atoms with van der Waals surface area (Å²) in [5, 5.41) is 7.67. The predicted octanol–water partition coefficient (Wildman–Crippen LogP) is 9.10. The molecular weight excluding hydrogens is 637 g/mol. The Morgan fingerprint density at radius 1 is 0.353 bits per heavy atom. The summed E-state index contributed by atoms with van der Waals surface area (Å²) < 4.78 is 4.71. The number of nitrogens with zero attached hydrogens (tertiary/aromatic N) is 4. The molecule has 0 aliphatic carbocycles. The molecule has 238 valence electrons. The molecular formula is C46H30N4Si. The van der Waals surface area contributed by atoms with Crippen LogP contribution in [0.1, 0.15) is 0 Å². The van der Waals surface area contributed by atoms with Gasteiger partial charge in [0.2, 0.25) is 0 Å². The van der Waals surface area contributed by atoms with E-state index in [1.165, 1.54) is 54.0 Å². The first kappa shape index (κ1) is 28.3. The van der Waals surface area contributed by atoms with Gasteiger partial charge in [-0.3, -0.25) is 0 Å². The van der Waals surface area contributed by atoms with Gasteiger partial charge in [-0.2, -0.15) is 0 Å². The lowest BCUT2D eigenvalue weighted by Crippen LogP contribution is -2.21. The Morgan fingerprint density at radius 2 is 0.765 bits per heavy atom. The minimum absolute atomic E-state index is 0.659. The van der Waals surface area contributed by atoms with Gasteiger partial charge in [-0.15, -0.1) is 0 Å². The van der Waals surface area contributed by atoms with E-state index in [0.717, 1.165) is 45.3 Å². The van der Waals surface area contributed by atoms with Gasteiger partial charge >= 0.3 is 0 Å². The number of fused-ring (bicyclic) bond motifs is 9. The van der Waals surface area contributed by atoms with Crippen LogP contribution < -0.4 is 10.4 Å². The highest BCUT2D eigenvalue weighted by molar-refractivity contribution is 6.73. The van der Waals surface area contributed by atoms with Crippen molar-refractivity contribution >= 4 is 63.5 Å². The van der Waals surface area contributed by atoms with Crippen molar-refractivity contribution in [1.82, 2.24) is 19.1 Å². The van der Waals surface area contributed by atoms with Crippen LogP contribution in [-0.2, 0) is 0 Å². The third-order valence-electron chi connectivity index (χ3n) is 10.5. The van der Waals surface area contributed by atoms with Gasteiger partial charge in [0.05, 0.1) is 54.4 Å². The molecule has 11 rings (SSSR count). The fourth-order valence-electron chi connectivity index (χ4n) is 8.17. The van der Waals surface area contributed by atoms with Gasteiger partial charge in [0, 0.05) is 44.0 Å². The van der Waals surface area contributed by atoms with E-state index >= 15 is 0 Å². The summed E-state index contributed by atoms with van der Waals surface area (Å²) in [7, 11) is -0.659. The molecule has 5 heterocycles. The average Bonchev–Trinajstić information content (AvgIpc) is 3.85. The van der Waals surface area contributed by atoms with Crippen molar-refractivity contribution in [2.45, 2.75) is 0 Å². The smallest absolute Gasteiger partial charge is 0.0933 e. The van der Waals surface area contributed by atoms with E-state index in [-0.39, 0.29) is 0 Å². The number of hydrogen-bond donors (Lipinski definition) is 0. The Morgan fingerprint density at radius 3 is 1.24 bits per heavy atom. The van der Waals surface area contributed by atoms with Crippen LogP contribution in [0.2, 0.25) is 0 Å². The zero-order valence-corrected chi connectivity index (χ0v) is 29.1. The topological polar surface area (TPSA) is 35.6 Å². The first-order chi connectivity index (χ1) is 25.3. The number of hydrogen-bond acceptors (Lipinski definition) is 2. The van der Waals surface area contributed by atoms with E-state index < -0.39 is 9.52 Å². The molecule has 51 heavy (non-hydrogen) atoms.